The van der Waals surface area contributed by atoms with Crippen LogP contribution in [0.4, 0.5) is 17.1 Å². The Labute approximate surface area is 314 Å². The van der Waals surface area contributed by atoms with Crippen LogP contribution in [-0.4, -0.2) is 9.13 Å². The van der Waals surface area contributed by atoms with E-state index < -0.39 is 0 Å². The van der Waals surface area contributed by atoms with Crippen LogP contribution in [0.2, 0.25) is 0 Å². The van der Waals surface area contributed by atoms with Crippen LogP contribution in [0.25, 0.3) is 66.1 Å². The van der Waals surface area contributed by atoms with Gasteiger partial charge in [0.15, 0.2) is 0 Å². The van der Waals surface area contributed by atoms with Gasteiger partial charge in [0.05, 0.1) is 22.1 Å². The third-order valence-corrected chi connectivity index (χ3v) is 11.6. The van der Waals surface area contributed by atoms with Crippen molar-refractivity contribution in [3.8, 4) is 22.5 Å². The Morgan fingerprint density at radius 2 is 0.907 bits per heavy atom. The first-order valence-corrected chi connectivity index (χ1v) is 18.8. The number of aromatic nitrogens is 2. The van der Waals surface area contributed by atoms with Crippen molar-refractivity contribution in [2.75, 3.05) is 4.90 Å². The molecule has 0 amide bonds. The molecule has 256 valence electrons. The maximum Gasteiger partial charge on any atom is 0.0588 e. The molecule has 0 saturated heterocycles. The Morgan fingerprint density at radius 3 is 1.56 bits per heavy atom. The van der Waals surface area contributed by atoms with E-state index in [2.05, 4.69) is 216 Å². The van der Waals surface area contributed by atoms with E-state index in [1.165, 1.54) is 71.6 Å². The highest BCUT2D eigenvalue weighted by molar-refractivity contribution is 6.20. The summed E-state index contributed by atoms with van der Waals surface area (Å²) < 4.78 is 4.98. The number of hydrogen-bond donors (Lipinski definition) is 0. The quantitative estimate of drug-likeness (QED) is 0.175. The minimum atomic E-state index is -0.162. The fraction of sp³-hybridized carbons (Fsp3) is 0.0588. The molecule has 0 fully saturated rings. The highest BCUT2D eigenvalue weighted by Gasteiger charge is 2.38. The lowest BCUT2D eigenvalue weighted by atomic mass is 9.81. The topological polar surface area (TPSA) is 13.1 Å². The second-order valence-corrected chi connectivity index (χ2v) is 15.0. The SMILES string of the molecule is CC1(C)c2ccccc2-c2ccc3c4cc5c(cc4n(-c4ccccc4)c3c21)c1cc(N(c2ccccc2)c2ccccc2)ccc1n5-c1ccccc1. The first-order valence-electron chi connectivity index (χ1n) is 18.8. The molecule has 0 saturated carbocycles. The van der Waals surface area contributed by atoms with Crippen molar-refractivity contribution >= 4 is 60.7 Å². The van der Waals surface area contributed by atoms with E-state index in [1.807, 2.05) is 0 Å². The lowest BCUT2D eigenvalue weighted by Crippen LogP contribution is -2.16. The predicted octanol–water partition coefficient (Wildman–Crippen LogP) is 13.7. The van der Waals surface area contributed by atoms with E-state index >= 15 is 0 Å². The monoisotopic (exact) mass is 691 g/mol. The highest BCUT2D eigenvalue weighted by atomic mass is 15.1. The summed E-state index contributed by atoms with van der Waals surface area (Å²) in [6.07, 6.45) is 0. The smallest absolute Gasteiger partial charge is 0.0588 e. The molecular formula is C51H37N3. The molecule has 0 radical (unpaired) electrons. The van der Waals surface area contributed by atoms with Crippen LogP contribution in [0.15, 0.2) is 188 Å². The summed E-state index contributed by atoms with van der Waals surface area (Å²) in [6.45, 7) is 4.79. The number of nitrogens with zero attached hydrogens (tertiary/aromatic N) is 3. The predicted molar refractivity (Wildman–Crippen MR) is 227 cm³/mol. The zero-order valence-electron chi connectivity index (χ0n) is 30.2. The minimum absolute atomic E-state index is 0.162. The van der Waals surface area contributed by atoms with Gasteiger partial charge in [0.25, 0.3) is 0 Å². The van der Waals surface area contributed by atoms with Gasteiger partial charge in [-0.15, -0.1) is 0 Å². The molecule has 10 aromatic rings. The molecule has 0 aliphatic heterocycles. The largest absolute Gasteiger partial charge is 0.310 e. The zero-order valence-corrected chi connectivity index (χ0v) is 30.2. The number of anilines is 3. The Bertz CT molecular complexity index is 3010. The molecule has 2 aromatic heterocycles. The summed E-state index contributed by atoms with van der Waals surface area (Å²) in [5.41, 5.74) is 15.9. The molecular weight excluding hydrogens is 655 g/mol. The third kappa shape index (κ3) is 4.36. The molecule has 11 rings (SSSR count). The van der Waals surface area contributed by atoms with E-state index in [0.717, 1.165) is 22.7 Å². The van der Waals surface area contributed by atoms with Crippen LogP contribution in [-0.2, 0) is 5.41 Å². The van der Waals surface area contributed by atoms with Gasteiger partial charge < -0.3 is 14.0 Å². The fourth-order valence-electron chi connectivity index (χ4n) is 9.30. The van der Waals surface area contributed by atoms with Crippen LogP contribution in [0.3, 0.4) is 0 Å². The molecule has 2 heterocycles. The number of hydrogen-bond acceptors (Lipinski definition) is 1. The summed E-state index contributed by atoms with van der Waals surface area (Å²) in [5.74, 6) is 0. The maximum absolute atomic E-state index is 2.53. The lowest BCUT2D eigenvalue weighted by molar-refractivity contribution is 0.664. The van der Waals surface area contributed by atoms with Gasteiger partial charge >= 0.3 is 0 Å². The fourth-order valence-corrected chi connectivity index (χ4v) is 9.30. The van der Waals surface area contributed by atoms with E-state index in [1.54, 1.807) is 0 Å². The summed E-state index contributed by atoms with van der Waals surface area (Å²) in [6, 6.07) is 68.6. The van der Waals surface area contributed by atoms with Gasteiger partial charge in [-0.25, -0.2) is 0 Å². The highest BCUT2D eigenvalue weighted by Crippen LogP contribution is 2.53. The van der Waals surface area contributed by atoms with Crippen molar-refractivity contribution in [2.45, 2.75) is 19.3 Å². The number of fused-ring (bicyclic) bond motifs is 10. The van der Waals surface area contributed by atoms with Crippen molar-refractivity contribution in [1.82, 2.24) is 9.13 Å². The molecule has 1 aliphatic rings. The molecule has 0 unspecified atom stereocenters. The molecule has 0 atom stereocenters. The molecule has 1 aliphatic carbocycles. The third-order valence-electron chi connectivity index (χ3n) is 11.6. The number of para-hydroxylation sites is 4. The van der Waals surface area contributed by atoms with Crippen LogP contribution in [0.5, 0.6) is 0 Å². The van der Waals surface area contributed by atoms with Gasteiger partial charge in [0, 0.05) is 55.4 Å². The van der Waals surface area contributed by atoms with Crippen molar-refractivity contribution < 1.29 is 0 Å². The number of benzene rings is 8. The summed E-state index contributed by atoms with van der Waals surface area (Å²) in [5, 5.41) is 4.97. The van der Waals surface area contributed by atoms with Crippen LogP contribution < -0.4 is 4.90 Å². The molecule has 3 nitrogen and oxygen atoms in total. The van der Waals surface area contributed by atoms with Gasteiger partial charge in [-0.2, -0.15) is 0 Å². The second-order valence-electron chi connectivity index (χ2n) is 15.0. The van der Waals surface area contributed by atoms with Gasteiger partial charge in [-0.3, -0.25) is 0 Å². The van der Waals surface area contributed by atoms with Crippen LogP contribution >= 0.6 is 0 Å². The zero-order chi connectivity index (χ0) is 36.0. The minimum Gasteiger partial charge on any atom is -0.310 e. The van der Waals surface area contributed by atoms with Crippen molar-refractivity contribution in [2.24, 2.45) is 0 Å². The maximum atomic E-state index is 2.53. The van der Waals surface area contributed by atoms with Gasteiger partial charge in [0.1, 0.15) is 0 Å². The van der Waals surface area contributed by atoms with Crippen molar-refractivity contribution in [3.05, 3.63) is 199 Å². The van der Waals surface area contributed by atoms with E-state index in [9.17, 15) is 0 Å². The van der Waals surface area contributed by atoms with Crippen molar-refractivity contribution in [1.29, 1.82) is 0 Å². The average Bonchev–Trinajstić information content (AvgIpc) is 3.81. The standard InChI is InChI=1S/C51H37N3/c1-51(2)45-26-16-15-25-39(45)40-28-29-41-43-32-47-44(33-48(43)54(50(41)49(40)51)37-23-13-6-14-24-37)42-31-38(27-30-46(42)53(47)36-21-11-5-12-22-36)52(34-17-7-3-8-18-34)35-19-9-4-10-20-35/h3-33H,1-2H3. The van der Waals surface area contributed by atoms with Crippen molar-refractivity contribution in [3.63, 3.8) is 0 Å². The molecule has 0 N–H and O–H groups in total. The summed E-state index contributed by atoms with van der Waals surface area (Å²) >= 11 is 0. The molecule has 54 heavy (non-hydrogen) atoms. The Kier molecular flexibility index (Phi) is 6.60. The Balaban J connectivity index is 1.27. The van der Waals surface area contributed by atoms with Gasteiger partial charge in [0.2, 0.25) is 0 Å². The first kappa shape index (κ1) is 30.8. The Morgan fingerprint density at radius 1 is 0.389 bits per heavy atom. The molecule has 8 aromatic carbocycles. The lowest BCUT2D eigenvalue weighted by Gasteiger charge is -2.25. The van der Waals surface area contributed by atoms with E-state index in [-0.39, 0.29) is 5.41 Å². The van der Waals surface area contributed by atoms with E-state index in [0.29, 0.717) is 0 Å². The molecule has 0 bridgehead atoms. The van der Waals surface area contributed by atoms with Crippen LogP contribution in [0, 0.1) is 0 Å². The second kappa shape index (κ2) is 11.6. The average molecular weight is 692 g/mol. The van der Waals surface area contributed by atoms with Gasteiger partial charge in [-0.1, -0.05) is 123 Å². The van der Waals surface area contributed by atoms with Crippen LogP contribution in [0.1, 0.15) is 25.0 Å². The normalized spacial score (nSPS) is 13.1. The molecule has 0 spiro atoms. The summed E-state index contributed by atoms with van der Waals surface area (Å²) in [7, 11) is 0. The molecule has 3 heteroatoms. The number of rotatable bonds is 5. The first-order chi connectivity index (χ1) is 26.6. The summed E-state index contributed by atoms with van der Waals surface area (Å²) in [4.78, 5) is 2.35. The Hall–Kier alpha value is -6.84. The van der Waals surface area contributed by atoms with Gasteiger partial charge in [-0.05, 0) is 101 Å². The van der Waals surface area contributed by atoms with E-state index in [4.69, 9.17) is 0 Å².